The minimum atomic E-state index is -1.55. The first-order valence-corrected chi connectivity index (χ1v) is 3.91. The number of likely N-dealkylation sites (N-methyl/N-ethyl adjacent to an activating group) is 1. The summed E-state index contributed by atoms with van der Waals surface area (Å²) in [6.07, 6.45) is 4.67. The number of aliphatic hydroxyl groups is 1. The molecule has 0 radical (unpaired) electrons. The van der Waals surface area contributed by atoms with Gasteiger partial charge in [-0.15, -0.1) is 6.42 Å². The molecule has 0 fully saturated rings. The van der Waals surface area contributed by atoms with Crippen LogP contribution in [0, 0.1) is 12.3 Å². The van der Waals surface area contributed by atoms with E-state index in [0.717, 1.165) is 0 Å². The fraction of sp³-hybridized carbons (Fsp3) is 0.667. The summed E-state index contributed by atoms with van der Waals surface area (Å²) >= 11 is 0. The molecule has 1 atom stereocenters. The molecule has 0 aliphatic heterocycles. The van der Waals surface area contributed by atoms with Crippen LogP contribution in [0.4, 0.5) is 0 Å². The number of hydrogen-bond acceptors (Lipinski definition) is 2. The van der Waals surface area contributed by atoms with Crippen LogP contribution >= 0.6 is 0 Å². The summed E-state index contributed by atoms with van der Waals surface area (Å²) in [7, 11) is 5.51. The van der Waals surface area contributed by atoms with Crippen LogP contribution in [-0.2, 0) is 4.79 Å². The van der Waals surface area contributed by atoms with E-state index in [1.807, 2.05) is 21.1 Å². The van der Waals surface area contributed by atoms with Gasteiger partial charge in [0.2, 0.25) is 0 Å². The molecule has 0 spiro atoms. The number of hydrogen-bond donors (Lipinski definition) is 2. The highest BCUT2D eigenvalue weighted by atomic mass is 16.4. The minimum absolute atomic E-state index is 0.218. The number of rotatable bonds is 4. The molecule has 0 aliphatic rings. The molecule has 0 heterocycles. The zero-order chi connectivity index (χ0) is 10.7. The van der Waals surface area contributed by atoms with Crippen molar-refractivity contribution >= 4 is 5.97 Å². The smallest absolute Gasteiger partial charge is 0.307 e. The third-order valence-electron chi connectivity index (χ3n) is 1.45. The zero-order valence-corrected chi connectivity index (χ0v) is 8.24. The van der Waals surface area contributed by atoms with Gasteiger partial charge in [-0.1, -0.05) is 5.92 Å². The second-order valence-corrected chi connectivity index (χ2v) is 4.19. The van der Waals surface area contributed by atoms with E-state index in [1.165, 1.54) is 0 Å². The van der Waals surface area contributed by atoms with Crippen molar-refractivity contribution in [2.24, 2.45) is 0 Å². The number of nitrogens with zero attached hydrogens (tertiary/aromatic N) is 1. The van der Waals surface area contributed by atoms with Crippen LogP contribution in [-0.4, -0.2) is 54.0 Å². The van der Waals surface area contributed by atoms with Gasteiger partial charge in [0.05, 0.1) is 27.6 Å². The number of carboxylic acids is 1. The molecule has 13 heavy (non-hydrogen) atoms. The second-order valence-electron chi connectivity index (χ2n) is 4.19. The molecule has 0 aromatic rings. The first-order chi connectivity index (χ1) is 5.68. The number of carboxylic acid groups (broad SMARTS) is 1. The Bertz CT molecular complexity index is 236. The van der Waals surface area contributed by atoms with E-state index in [0.29, 0.717) is 4.48 Å². The van der Waals surface area contributed by atoms with Crippen LogP contribution in [0.3, 0.4) is 0 Å². The number of aliphatic carboxylic acids is 1. The fourth-order valence-electron chi connectivity index (χ4n) is 1.19. The van der Waals surface area contributed by atoms with E-state index in [1.54, 1.807) is 0 Å². The van der Waals surface area contributed by atoms with Gasteiger partial charge in [0.15, 0.2) is 5.60 Å². The van der Waals surface area contributed by atoms with Gasteiger partial charge in [-0.25, -0.2) is 0 Å². The van der Waals surface area contributed by atoms with Crippen molar-refractivity contribution in [2.75, 3.05) is 27.7 Å². The molecule has 0 aromatic heterocycles. The molecule has 0 unspecified atom stereocenters. The van der Waals surface area contributed by atoms with E-state index < -0.39 is 18.0 Å². The molecule has 0 amide bonds. The monoisotopic (exact) mass is 186 g/mol. The molecule has 0 saturated heterocycles. The maximum atomic E-state index is 10.4. The standard InChI is InChI=1S/C9H15NO3/c1-5-9(13,6-8(11)12)7-10(2,3)4/h1,13H,6-7H2,2-4H3/p+1/t9-/m1/s1. The van der Waals surface area contributed by atoms with Gasteiger partial charge in [0.1, 0.15) is 6.54 Å². The van der Waals surface area contributed by atoms with Gasteiger partial charge >= 0.3 is 5.97 Å². The Morgan fingerprint density at radius 3 is 2.23 bits per heavy atom. The Morgan fingerprint density at radius 1 is 1.54 bits per heavy atom. The predicted octanol–water partition coefficient (Wildman–Crippen LogP) is -0.468. The molecular formula is C9H16NO3+. The van der Waals surface area contributed by atoms with Gasteiger partial charge in [-0.3, -0.25) is 4.79 Å². The van der Waals surface area contributed by atoms with Gasteiger partial charge < -0.3 is 14.7 Å². The van der Waals surface area contributed by atoms with Crippen LogP contribution in [0.25, 0.3) is 0 Å². The topological polar surface area (TPSA) is 57.5 Å². The SMILES string of the molecule is C#C[C@@](O)(CC(=O)O)C[N+](C)(C)C. The summed E-state index contributed by atoms with van der Waals surface area (Å²) in [6, 6.07) is 0. The van der Waals surface area contributed by atoms with Gasteiger partial charge in [-0.2, -0.15) is 0 Å². The number of carbonyl (C=O) groups is 1. The summed E-state index contributed by atoms with van der Waals surface area (Å²) < 4.78 is 0.425. The van der Waals surface area contributed by atoms with Crippen LogP contribution in [0.15, 0.2) is 0 Å². The molecule has 0 aromatic carbocycles. The molecule has 74 valence electrons. The lowest BCUT2D eigenvalue weighted by molar-refractivity contribution is -0.875. The third-order valence-corrected chi connectivity index (χ3v) is 1.45. The highest BCUT2D eigenvalue weighted by Crippen LogP contribution is 2.12. The van der Waals surface area contributed by atoms with E-state index in [4.69, 9.17) is 11.5 Å². The maximum Gasteiger partial charge on any atom is 0.307 e. The lowest BCUT2D eigenvalue weighted by Crippen LogP contribution is -2.49. The summed E-state index contributed by atoms with van der Waals surface area (Å²) in [4.78, 5) is 10.4. The Labute approximate surface area is 78.4 Å². The first kappa shape index (κ1) is 11.9. The van der Waals surface area contributed by atoms with Crippen molar-refractivity contribution in [2.45, 2.75) is 12.0 Å². The van der Waals surface area contributed by atoms with E-state index in [2.05, 4.69) is 5.92 Å². The Kier molecular flexibility index (Phi) is 3.47. The van der Waals surface area contributed by atoms with Crippen molar-refractivity contribution in [1.82, 2.24) is 0 Å². The highest BCUT2D eigenvalue weighted by molar-refractivity contribution is 5.69. The molecule has 4 heteroatoms. The zero-order valence-electron chi connectivity index (χ0n) is 8.24. The predicted molar refractivity (Wildman–Crippen MR) is 48.9 cm³/mol. The summed E-state index contributed by atoms with van der Waals surface area (Å²) in [5.41, 5.74) is -1.55. The van der Waals surface area contributed by atoms with Gasteiger partial charge in [-0.05, 0) is 0 Å². The van der Waals surface area contributed by atoms with Crippen molar-refractivity contribution in [3.05, 3.63) is 0 Å². The third kappa shape index (κ3) is 5.23. The minimum Gasteiger partial charge on any atom is -0.481 e. The van der Waals surface area contributed by atoms with Crippen molar-refractivity contribution in [3.8, 4) is 12.3 Å². The quantitative estimate of drug-likeness (QED) is 0.461. The molecule has 0 rings (SSSR count). The van der Waals surface area contributed by atoms with E-state index in [9.17, 15) is 9.90 Å². The molecule has 0 bridgehead atoms. The normalized spacial score (nSPS) is 15.9. The van der Waals surface area contributed by atoms with Crippen LogP contribution in [0.2, 0.25) is 0 Å². The highest BCUT2D eigenvalue weighted by Gasteiger charge is 2.33. The average molecular weight is 186 g/mol. The molecule has 0 aliphatic carbocycles. The fourth-order valence-corrected chi connectivity index (χ4v) is 1.19. The second kappa shape index (κ2) is 3.77. The molecule has 4 nitrogen and oxygen atoms in total. The number of terminal acetylenes is 1. The van der Waals surface area contributed by atoms with Crippen molar-refractivity contribution in [3.63, 3.8) is 0 Å². The Hall–Kier alpha value is -1.05. The lowest BCUT2D eigenvalue weighted by Gasteiger charge is -2.31. The van der Waals surface area contributed by atoms with E-state index >= 15 is 0 Å². The molecular weight excluding hydrogens is 170 g/mol. The van der Waals surface area contributed by atoms with Gasteiger partial charge in [0.25, 0.3) is 0 Å². The number of quaternary nitrogens is 1. The van der Waals surface area contributed by atoms with Crippen molar-refractivity contribution < 1.29 is 19.5 Å². The summed E-state index contributed by atoms with van der Waals surface area (Å²) in [6.45, 7) is 0.218. The van der Waals surface area contributed by atoms with Crippen LogP contribution in [0.1, 0.15) is 6.42 Å². The average Bonchev–Trinajstić information content (AvgIpc) is 1.81. The largest absolute Gasteiger partial charge is 0.481 e. The van der Waals surface area contributed by atoms with Crippen LogP contribution in [0.5, 0.6) is 0 Å². The lowest BCUT2D eigenvalue weighted by atomic mass is 10.00. The van der Waals surface area contributed by atoms with E-state index in [-0.39, 0.29) is 6.54 Å². The first-order valence-electron chi connectivity index (χ1n) is 3.91. The summed E-state index contributed by atoms with van der Waals surface area (Å²) in [5, 5.41) is 18.2. The molecule has 0 saturated carbocycles. The maximum absolute atomic E-state index is 10.4. The Balaban J connectivity index is 4.49. The Morgan fingerprint density at radius 2 is 2.00 bits per heavy atom. The van der Waals surface area contributed by atoms with Crippen molar-refractivity contribution in [1.29, 1.82) is 0 Å². The van der Waals surface area contributed by atoms with Crippen LogP contribution < -0.4 is 0 Å². The van der Waals surface area contributed by atoms with Gasteiger partial charge in [0, 0.05) is 0 Å². The molecule has 2 N–H and O–H groups in total. The summed E-state index contributed by atoms with van der Waals surface area (Å²) in [5.74, 6) is 1.04.